The molecule has 1 saturated heterocycles. The van der Waals surface area contributed by atoms with Crippen molar-refractivity contribution in [2.45, 2.75) is 52.2 Å². The summed E-state index contributed by atoms with van der Waals surface area (Å²) in [6.45, 7) is 8.31. The van der Waals surface area contributed by atoms with Gasteiger partial charge in [-0.2, -0.15) is 0 Å². The lowest BCUT2D eigenvalue weighted by Crippen LogP contribution is -2.59. The summed E-state index contributed by atoms with van der Waals surface area (Å²) < 4.78 is 0. The molecule has 2 aromatic carbocycles. The normalized spacial score (nSPS) is 15.3. The standard InChI is InChI=1S/C30H40N6O2/c1-4-12-35(13-5-2)30(38)25-14-23-10-11-24(15-27(23)33-28(32)16-25)29(37)36-19-26(20-36)34(3)18-22-8-6-21(17-31)7-9-22/h6-11,14-15,26H,4-5,12-13,16-20,31H2,1-3H3,(H2,32,33). The third-order valence-corrected chi connectivity index (χ3v) is 7.26. The van der Waals surface area contributed by atoms with Crippen molar-refractivity contribution in [2.75, 3.05) is 33.2 Å². The molecule has 1 fully saturated rings. The minimum atomic E-state index is -0.0138. The first-order valence-corrected chi connectivity index (χ1v) is 13.6. The summed E-state index contributed by atoms with van der Waals surface area (Å²) in [5.41, 5.74) is 16.9. The first-order valence-electron chi connectivity index (χ1n) is 13.6. The van der Waals surface area contributed by atoms with Gasteiger partial charge < -0.3 is 21.3 Å². The second-order valence-corrected chi connectivity index (χ2v) is 10.3. The van der Waals surface area contributed by atoms with Gasteiger partial charge in [0, 0.05) is 68.4 Å². The van der Waals surface area contributed by atoms with Gasteiger partial charge in [0.15, 0.2) is 0 Å². The monoisotopic (exact) mass is 516 g/mol. The van der Waals surface area contributed by atoms with Crippen molar-refractivity contribution in [3.05, 3.63) is 70.3 Å². The first-order chi connectivity index (χ1) is 18.3. The van der Waals surface area contributed by atoms with E-state index in [0.29, 0.717) is 67.8 Å². The number of amides is 2. The molecule has 4 rings (SSSR count). The SMILES string of the molecule is CCCN(CCC)C(=O)C1=Cc2ccc(C(=O)N3CC(N(C)Cc4ccc(CN)cc4)C3)cc2N=C(N)C1. The third-order valence-electron chi connectivity index (χ3n) is 7.26. The molecule has 202 valence electrons. The molecule has 0 aromatic heterocycles. The highest BCUT2D eigenvalue weighted by molar-refractivity contribution is 6.06. The lowest BCUT2D eigenvalue weighted by Gasteiger charge is -2.44. The van der Waals surface area contributed by atoms with Gasteiger partial charge in [-0.15, -0.1) is 0 Å². The molecule has 0 atom stereocenters. The summed E-state index contributed by atoms with van der Waals surface area (Å²) in [5, 5.41) is 0. The van der Waals surface area contributed by atoms with E-state index in [0.717, 1.165) is 30.5 Å². The number of benzene rings is 2. The number of likely N-dealkylation sites (N-methyl/N-ethyl adjacent to an activating group) is 1. The molecule has 2 aliphatic heterocycles. The second kappa shape index (κ2) is 12.4. The van der Waals surface area contributed by atoms with Crippen LogP contribution in [0.15, 0.2) is 53.0 Å². The first kappa shape index (κ1) is 27.5. The van der Waals surface area contributed by atoms with Crippen molar-refractivity contribution in [1.82, 2.24) is 14.7 Å². The quantitative estimate of drug-likeness (QED) is 0.502. The molecule has 8 heteroatoms. The number of rotatable bonds is 10. The Balaban J connectivity index is 1.41. The molecule has 8 nitrogen and oxygen atoms in total. The van der Waals surface area contributed by atoms with E-state index in [1.165, 1.54) is 5.56 Å². The molecular formula is C30H40N6O2. The van der Waals surface area contributed by atoms with Crippen LogP contribution in [0, 0.1) is 0 Å². The number of nitrogens with zero attached hydrogens (tertiary/aromatic N) is 4. The van der Waals surface area contributed by atoms with Gasteiger partial charge in [-0.25, -0.2) is 4.99 Å². The average molecular weight is 517 g/mol. The summed E-state index contributed by atoms with van der Waals surface area (Å²) in [5.74, 6) is 0.372. The number of hydrogen-bond donors (Lipinski definition) is 2. The van der Waals surface area contributed by atoms with Gasteiger partial charge in [0.05, 0.1) is 5.69 Å². The minimum absolute atomic E-state index is 0.00548. The van der Waals surface area contributed by atoms with Crippen LogP contribution in [0.5, 0.6) is 0 Å². The number of nitrogens with two attached hydrogens (primary N) is 2. The van der Waals surface area contributed by atoms with Gasteiger partial charge in [0.2, 0.25) is 5.91 Å². The van der Waals surface area contributed by atoms with E-state index in [2.05, 4.69) is 55.1 Å². The van der Waals surface area contributed by atoms with Crippen LogP contribution in [0.4, 0.5) is 5.69 Å². The molecule has 4 N–H and O–H groups in total. The Bertz CT molecular complexity index is 1210. The van der Waals surface area contributed by atoms with Crippen molar-refractivity contribution in [1.29, 1.82) is 0 Å². The maximum atomic E-state index is 13.2. The van der Waals surface area contributed by atoms with Gasteiger partial charge in [-0.3, -0.25) is 14.5 Å². The number of aliphatic imine (C=N–C) groups is 1. The molecule has 2 heterocycles. The molecular weight excluding hydrogens is 476 g/mol. The van der Waals surface area contributed by atoms with Crippen molar-refractivity contribution in [2.24, 2.45) is 16.5 Å². The zero-order valence-corrected chi connectivity index (χ0v) is 22.8. The van der Waals surface area contributed by atoms with E-state index in [1.54, 1.807) is 6.07 Å². The van der Waals surface area contributed by atoms with Crippen molar-refractivity contribution >= 4 is 29.4 Å². The van der Waals surface area contributed by atoms with Crippen LogP contribution in [-0.4, -0.2) is 71.6 Å². The highest BCUT2D eigenvalue weighted by Gasteiger charge is 2.34. The number of carbonyl (C=O) groups excluding carboxylic acids is 2. The van der Waals surface area contributed by atoms with E-state index in [4.69, 9.17) is 11.5 Å². The number of amidine groups is 1. The highest BCUT2D eigenvalue weighted by Crippen LogP contribution is 2.30. The van der Waals surface area contributed by atoms with Crippen molar-refractivity contribution < 1.29 is 9.59 Å². The Labute approximate surface area is 226 Å². The predicted molar refractivity (Wildman–Crippen MR) is 153 cm³/mol. The smallest absolute Gasteiger partial charge is 0.254 e. The average Bonchev–Trinajstić information content (AvgIpc) is 3.05. The molecule has 0 saturated carbocycles. The Kier molecular flexibility index (Phi) is 8.97. The van der Waals surface area contributed by atoms with Gasteiger partial charge in [-0.05, 0) is 49.2 Å². The molecule has 2 amide bonds. The fraction of sp³-hybridized carbons (Fsp3) is 0.433. The fourth-order valence-electron chi connectivity index (χ4n) is 5.00. The van der Waals surface area contributed by atoms with Crippen LogP contribution in [0.25, 0.3) is 6.08 Å². The largest absolute Gasteiger partial charge is 0.387 e. The number of fused-ring (bicyclic) bond motifs is 1. The Hall–Kier alpha value is -3.49. The Morgan fingerprint density at radius 1 is 1.03 bits per heavy atom. The predicted octanol–water partition coefficient (Wildman–Crippen LogP) is 3.53. The molecule has 0 aliphatic carbocycles. The van der Waals surface area contributed by atoms with Crippen LogP contribution in [-0.2, 0) is 17.9 Å². The highest BCUT2D eigenvalue weighted by atomic mass is 16.2. The van der Waals surface area contributed by atoms with Crippen molar-refractivity contribution in [3.8, 4) is 0 Å². The summed E-state index contributed by atoms with van der Waals surface area (Å²) in [4.78, 5) is 37.0. The number of carbonyl (C=O) groups is 2. The van der Waals surface area contributed by atoms with Gasteiger partial charge in [0.1, 0.15) is 5.84 Å². The summed E-state index contributed by atoms with van der Waals surface area (Å²) in [6, 6.07) is 14.1. The zero-order chi connectivity index (χ0) is 27.2. The molecule has 2 aromatic rings. The van der Waals surface area contributed by atoms with E-state index < -0.39 is 0 Å². The van der Waals surface area contributed by atoms with Gasteiger partial charge in [-0.1, -0.05) is 44.2 Å². The fourth-order valence-corrected chi connectivity index (χ4v) is 5.00. The Morgan fingerprint density at radius 3 is 2.32 bits per heavy atom. The van der Waals surface area contributed by atoms with Gasteiger partial charge in [0.25, 0.3) is 5.91 Å². The topological polar surface area (TPSA) is 108 Å². The van der Waals surface area contributed by atoms with E-state index >= 15 is 0 Å². The zero-order valence-electron chi connectivity index (χ0n) is 22.8. The molecule has 0 unspecified atom stereocenters. The van der Waals surface area contributed by atoms with Crippen LogP contribution in [0.3, 0.4) is 0 Å². The summed E-state index contributed by atoms with van der Waals surface area (Å²) >= 11 is 0. The lowest BCUT2D eigenvalue weighted by molar-refractivity contribution is -0.127. The van der Waals surface area contributed by atoms with Gasteiger partial charge >= 0.3 is 0 Å². The van der Waals surface area contributed by atoms with Crippen LogP contribution in [0.2, 0.25) is 0 Å². The molecule has 38 heavy (non-hydrogen) atoms. The number of hydrogen-bond acceptors (Lipinski definition) is 6. The minimum Gasteiger partial charge on any atom is -0.387 e. The molecule has 0 radical (unpaired) electrons. The van der Waals surface area contributed by atoms with E-state index in [-0.39, 0.29) is 11.8 Å². The Morgan fingerprint density at radius 2 is 1.68 bits per heavy atom. The van der Waals surface area contributed by atoms with Crippen LogP contribution < -0.4 is 11.5 Å². The molecule has 0 spiro atoms. The van der Waals surface area contributed by atoms with Crippen molar-refractivity contribution in [3.63, 3.8) is 0 Å². The van der Waals surface area contributed by atoms with Crippen LogP contribution in [0.1, 0.15) is 60.2 Å². The molecule has 2 aliphatic rings. The van der Waals surface area contributed by atoms with Crippen LogP contribution >= 0.6 is 0 Å². The van der Waals surface area contributed by atoms with E-state index in [9.17, 15) is 9.59 Å². The summed E-state index contributed by atoms with van der Waals surface area (Å²) in [6.07, 6.45) is 3.98. The second-order valence-electron chi connectivity index (χ2n) is 10.3. The number of likely N-dealkylation sites (tertiary alicyclic amines) is 1. The van der Waals surface area contributed by atoms with E-state index in [1.807, 2.05) is 28.0 Å². The lowest BCUT2D eigenvalue weighted by atomic mass is 10.0. The maximum Gasteiger partial charge on any atom is 0.254 e. The maximum absolute atomic E-state index is 13.2. The summed E-state index contributed by atoms with van der Waals surface area (Å²) in [7, 11) is 2.09. The molecule has 0 bridgehead atoms. The third kappa shape index (κ3) is 6.31.